The molecule has 2 aromatic rings. The third-order valence-corrected chi connectivity index (χ3v) is 4.33. The second kappa shape index (κ2) is 6.55. The fourth-order valence-electron chi connectivity index (χ4n) is 1.85. The van der Waals surface area contributed by atoms with Crippen LogP contribution in [0.15, 0.2) is 41.3 Å². The van der Waals surface area contributed by atoms with Gasteiger partial charge in [0, 0.05) is 17.9 Å². The molecule has 0 bridgehead atoms. The summed E-state index contributed by atoms with van der Waals surface area (Å²) < 4.78 is 41.7. The molecule has 0 aliphatic heterocycles. The maximum Gasteiger partial charge on any atom is 0.307 e. The summed E-state index contributed by atoms with van der Waals surface area (Å²) in [6.07, 6.45) is 0.686. The van der Waals surface area contributed by atoms with Crippen molar-refractivity contribution in [1.82, 2.24) is 0 Å². The highest BCUT2D eigenvalue weighted by Crippen LogP contribution is 2.33. The van der Waals surface area contributed by atoms with Crippen molar-refractivity contribution in [3.05, 3.63) is 52.8 Å². The van der Waals surface area contributed by atoms with Gasteiger partial charge in [-0.3, -0.25) is 4.79 Å². The Morgan fingerprint density at radius 3 is 2.48 bits per heavy atom. The topological polar surface area (TPSA) is 80.7 Å². The van der Waals surface area contributed by atoms with E-state index in [2.05, 4.69) is 0 Å². The Balaban J connectivity index is 2.39. The van der Waals surface area contributed by atoms with Crippen molar-refractivity contribution < 1.29 is 27.4 Å². The number of sulfone groups is 1. The number of ether oxygens (including phenoxy) is 1. The predicted octanol–water partition coefficient (Wildman–Crippen LogP) is 3.30. The molecule has 1 N–H and O–H groups in total. The highest BCUT2D eigenvalue weighted by atomic mass is 35.5. The molecule has 0 amide bonds. The van der Waals surface area contributed by atoms with Crippen molar-refractivity contribution >= 4 is 27.4 Å². The summed E-state index contributed by atoms with van der Waals surface area (Å²) in [6.45, 7) is 0. The number of hydrogen-bond donors (Lipinski definition) is 1. The summed E-state index contributed by atoms with van der Waals surface area (Å²) in [7, 11) is -3.42. The van der Waals surface area contributed by atoms with Gasteiger partial charge in [0.25, 0.3) is 0 Å². The lowest BCUT2D eigenvalue weighted by Gasteiger charge is -2.12. The monoisotopic (exact) mass is 358 g/mol. The molecule has 0 spiro atoms. The van der Waals surface area contributed by atoms with E-state index >= 15 is 0 Å². The van der Waals surface area contributed by atoms with Crippen LogP contribution in [-0.4, -0.2) is 25.7 Å². The number of carboxylic acid groups (broad SMARTS) is 1. The van der Waals surface area contributed by atoms with E-state index < -0.39 is 21.6 Å². The Kier molecular flexibility index (Phi) is 4.91. The van der Waals surface area contributed by atoms with Crippen LogP contribution in [0.1, 0.15) is 5.56 Å². The van der Waals surface area contributed by atoms with Gasteiger partial charge in [0.05, 0.1) is 16.3 Å². The minimum Gasteiger partial charge on any atom is -0.481 e. The first-order valence-corrected chi connectivity index (χ1v) is 8.61. The summed E-state index contributed by atoms with van der Waals surface area (Å²) in [5.74, 6) is -1.60. The summed E-state index contributed by atoms with van der Waals surface area (Å²) in [4.78, 5) is 10.9. The van der Waals surface area contributed by atoms with Crippen LogP contribution in [0, 0.1) is 5.82 Å². The van der Waals surface area contributed by atoms with Crippen LogP contribution in [0.25, 0.3) is 0 Å². The normalized spacial score (nSPS) is 11.3. The molecule has 5 nitrogen and oxygen atoms in total. The summed E-state index contributed by atoms with van der Waals surface area (Å²) in [5.41, 5.74) is 0.266. The largest absolute Gasteiger partial charge is 0.481 e. The Morgan fingerprint density at radius 1 is 1.22 bits per heavy atom. The first-order valence-electron chi connectivity index (χ1n) is 6.34. The second-order valence-electron chi connectivity index (χ2n) is 4.79. The first-order chi connectivity index (χ1) is 10.7. The minimum atomic E-state index is -3.42. The molecule has 0 unspecified atom stereocenters. The molecule has 0 atom stereocenters. The Labute approximate surface area is 137 Å². The fraction of sp³-hybridized carbons (Fsp3) is 0.133. The lowest BCUT2D eigenvalue weighted by molar-refractivity contribution is -0.136. The van der Waals surface area contributed by atoms with Crippen molar-refractivity contribution in [1.29, 1.82) is 0 Å². The number of aliphatic carboxylic acids is 1. The van der Waals surface area contributed by atoms with Gasteiger partial charge in [-0.2, -0.15) is 0 Å². The molecule has 0 saturated heterocycles. The molecule has 2 aromatic carbocycles. The van der Waals surface area contributed by atoms with Crippen LogP contribution in [0.2, 0.25) is 5.02 Å². The molecule has 23 heavy (non-hydrogen) atoms. The van der Waals surface area contributed by atoms with Gasteiger partial charge in [-0.05, 0) is 24.3 Å². The summed E-state index contributed by atoms with van der Waals surface area (Å²) >= 11 is 5.98. The molecule has 0 aromatic heterocycles. The van der Waals surface area contributed by atoms with Gasteiger partial charge in [-0.25, -0.2) is 12.8 Å². The molecule has 0 aliphatic rings. The van der Waals surface area contributed by atoms with Gasteiger partial charge < -0.3 is 9.84 Å². The SMILES string of the molecule is CS(=O)(=O)c1ccc(Oc2cc(F)ccc2CC(=O)O)c(Cl)c1. The number of hydrogen-bond acceptors (Lipinski definition) is 4. The van der Waals surface area contributed by atoms with Crippen molar-refractivity contribution in [3.8, 4) is 11.5 Å². The van der Waals surface area contributed by atoms with Gasteiger partial charge >= 0.3 is 5.97 Å². The van der Waals surface area contributed by atoms with Gasteiger partial charge in [0.15, 0.2) is 9.84 Å². The predicted molar refractivity (Wildman–Crippen MR) is 82.4 cm³/mol. The number of rotatable bonds is 5. The van der Waals surface area contributed by atoms with Crippen LogP contribution in [0.4, 0.5) is 4.39 Å². The Hall–Kier alpha value is -2.12. The number of carboxylic acids is 1. The van der Waals surface area contributed by atoms with E-state index in [1.807, 2.05) is 0 Å². The van der Waals surface area contributed by atoms with Crippen LogP contribution in [-0.2, 0) is 21.1 Å². The fourth-order valence-corrected chi connectivity index (χ4v) is 2.78. The van der Waals surface area contributed by atoms with Crippen molar-refractivity contribution in [2.45, 2.75) is 11.3 Å². The second-order valence-corrected chi connectivity index (χ2v) is 7.21. The molecule has 2 rings (SSSR count). The maximum atomic E-state index is 13.4. The molecule has 0 heterocycles. The van der Waals surface area contributed by atoms with Crippen LogP contribution < -0.4 is 4.74 Å². The molecule has 0 radical (unpaired) electrons. The number of halogens is 2. The highest BCUT2D eigenvalue weighted by molar-refractivity contribution is 7.90. The van der Waals surface area contributed by atoms with E-state index in [4.69, 9.17) is 21.4 Å². The minimum absolute atomic E-state index is 0.00130. The molecule has 0 fully saturated rings. The highest BCUT2D eigenvalue weighted by Gasteiger charge is 2.14. The first kappa shape index (κ1) is 17.2. The molecule has 0 saturated carbocycles. The van der Waals surface area contributed by atoms with E-state index in [0.717, 1.165) is 18.4 Å². The average molecular weight is 359 g/mol. The molecule has 8 heteroatoms. The maximum absolute atomic E-state index is 13.4. The van der Waals surface area contributed by atoms with E-state index in [1.54, 1.807) is 0 Å². The zero-order valence-corrected chi connectivity index (χ0v) is 13.5. The van der Waals surface area contributed by atoms with E-state index in [1.165, 1.54) is 24.3 Å². The summed E-state index contributed by atoms with van der Waals surface area (Å²) in [5, 5.41) is 8.88. The molecule has 122 valence electrons. The van der Waals surface area contributed by atoms with Gasteiger partial charge in [-0.1, -0.05) is 17.7 Å². The van der Waals surface area contributed by atoms with Crippen molar-refractivity contribution in [2.24, 2.45) is 0 Å². The standard InChI is InChI=1S/C15H12ClFO5S/c1-23(20,21)11-4-5-13(12(16)8-11)22-14-7-10(17)3-2-9(14)6-15(18)19/h2-5,7-8H,6H2,1H3,(H,18,19). The Bertz CT molecular complexity index is 864. The van der Waals surface area contributed by atoms with Crippen molar-refractivity contribution in [3.63, 3.8) is 0 Å². The van der Waals surface area contributed by atoms with E-state index in [-0.39, 0.29) is 33.4 Å². The smallest absolute Gasteiger partial charge is 0.307 e. The lowest BCUT2D eigenvalue weighted by atomic mass is 10.1. The van der Waals surface area contributed by atoms with Gasteiger partial charge in [-0.15, -0.1) is 0 Å². The third kappa shape index (κ3) is 4.43. The average Bonchev–Trinajstić information content (AvgIpc) is 2.42. The quantitative estimate of drug-likeness (QED) is 0.886. The van der Waals surface area contributed by atoms with Gasteiger partial charge in [0.1, 0.15) is 17.3 Å². The zero-order valence-electron chi connectivity index (χ0n) is 11.9. The van der Waals surface area contributed by atoms with E-state index in [9.17, 15) is 17.6 Å². The van der Waals surface area contributed by atoms with Crippen LogP contribution >= 0.6 is 11.6 Å². The molecular formula is C15H12ClFO5S. The summed E-state index contributed by atoms with van der Waals surface area (Å²) in [6, 6.07) is 7.30. The zero-order chi connectivity index (χ0) is 17.2. The number of benzene rings is 2. The van der Waals surface area contributed by atoms with Crippen molar-refractivity contribution in [2.75, 3.05) is 6.26 Å². The molecular weight excluding hydrogens is 347 g/mol. The third-order valence-electron chi connectivity index (χ3n) is 2.92. The Morgan fingerprint density at radius 2 is 1.91 bits per heavy atom. The van der Waals surface area contributed by atoms with Gasteiger partial charge in [0.2, 0.25) is 0 Å². The molecule has 0 aliphatic carbocycles. The lowest BCUT2D eigenvalue weighted by Crippen LogP contribution is -2.03. The van der Waals surface area contributed by atoms with Crippen LogP contribution in [0.5, 0.6) is 11.5 Å². The van der Waals surface area contributed by atoms with E-state index in [0.29, 0.717) is 0 Å². The number of carbonyl (C=O) groups is 1. The van der Waals surface area contributed by atoms with Crippen LogP contribution in [0.3, 0.4) is 0 Å².